The van der Waals surface area contributed by atoms with Crippen molar-refractivity contribution in [3.63, 3.8) is 0 Å². The van der Waals surface area contributed by atoms with E-state index in [2.05, 4.69) is 20.5 Å². The summed E-state index contributed by atoms with van der Waals surface area (Å²) >= 11 is 0. The predicted octanol–water partition coefficient (Wildman–Crippen LogP) is 7.89. The number of nitro groups is 1. The Bertz CT molecular complexity index is 1480. The second-order valence-corrected chi connectivity index (χ2v) is 10.7. The van der Waals surface area contributed by atoms with Gasteiger partial charge >= 0.3 is 18.0 Å². The molecule has 1 aromatic carbocycles. The molecule has 1 N–H and O–H groups in total. The number of nitrogens with one attached hydrogen (secondary N) is 1. The van der Waals surface area contributed by atoms with E-state index in [1.165, 1.54) is 6.08 Å². The maximum absolute atomic E-state index is 14.9. The van der Waals surface area contributed by atoms with Crippen molar-refractivity contribution in [2.24, 2.45) is 0 Å². The zero-order valence-corrected chi connectivity index (χ0v) is 22.7. The number of pyridine rings is 1. The van der Waals surface area contributed by atoms with E-state index in [1.54, 1.807) is 36.4 Å². The molecule has 43 heavy (non-hydrogen) atoms. The van der Waals surface area contributed by atoms with Crippen LogP contribution < -0.4 is 5.32 Å². The topological polar surface area (TPSA) is 116 Å². The van der Waals surface area contributed by atoms with Crippen LogP contribution in [0.4, 0.5) is 37.8 Å². The zero-order valence-electron chi connectivity index (χ0n) is 22.7. The summed E-state index contributed by atoms with van der Waals surface area (Å²) in [6, 6.07) is 8.37. The van der Waals surface area contributed by atoms with Crippen molar-refractivity contribution in [3.05, 3.63) is 75.7 Å². The van der Waals surface area contributed by atoms with Crippen LogP contribution in [0.5, 0.6) is 0 Å². The number of alkyl halides is 6. The van der Waals surface area contributed by atoms with Crippen LogP contribution in [0.3, 0.4) is 0 Å². The number of aromatic nitrogens is 3. The fraction of sp³-hybridized carbons (Fsp3) is 0.464. The first-order valence-corrected chi connectivity index (χ1v) is 13.6. The highest BCUT2D eigenvalue weighted by Gasteiger charge is 2.61. The summed E-state index contributed by atoms with van der Waals surface area (Å²) in [6.07, 6.45) is -4.45. The lowest BCUT2D eigenvalue weighted by molar-refractivity contribution is -0.384. The van der Waals surface area contributed by atoms with Crippen LogP contribution in [0.1, 0.15) is 68.4 Å². The third-order valence-electron chi connectivity index (χ3n) is 7.80. The molecule has 1 aliphatic carbocycles. The Labute approximate surface area is 241 Å². The predicted molar refractivity (Wildman–Crippen MR) is 141 cm³/mol. The van der Waals surface area contributed by atoms with Gasteiger partial charge in [-0.15, -0.1) is 10.2 Å². The number of allylic oxidation sites excluding steroid dienone is 1. The van der Waals surface area contributed by atoms with Crippen molar-refractivity contribution in [2.45, 2.75) is 81.5 Å². The van der Waals surface area contributed by atoms with Crippen LogP contribution >= 0.6 is 0 Å². The van der Waals surface area contributed by atoms with Gasteiger partial charge in [-0.25, -0.2) is 4.98 Å². The molecule has 5 rings (SSSR count). The van der Waals surface area contributed by atoms with Crippen molar-refractivity contribution >= 4 is 11.5 Å². The molecule has 0 unspecified atom stereocenters. The molecule has 0 saturated heterocycles. The molecule has 1 spiro atoms. The van der Waals surface area contributed by atoms with Crippen molar-refractivity contribution < 1.29 is 40.4 Å². The quantitative estimate of drug-likeness (QED) is 0.137. The smallest absolute Gasteiger partial charge is 0.415 e. The van der Waals surface area contributed by atoms with Crippen molar-refractivity contribution in [2.75, 3.05) is 5.32 Å². The van der Waals surface area contributed by atoms with E-state index in [-0.39, 0.29) is 18.9 Å². The summed E-state index contributed by atoms with van der Waals surface area (Å²) in [5.41, 5.74) is -6.95. The molecule has 4 bridgehead atoms. The Hall–Kier alpha value is -4.01. The molecule has 3 aromatic rings. The third kappa shape index (κ3) is 6.21. The first-order valence-electron chi connectivity index (χ1n) is 13.6. The molecule has 1 aliphatic heterocycles. The fourth-order valence-electron chi connectivity index (χ4n) is 5.53. The van der Waals surface area contributed by atoms with Gasteiger partial charge in [-0.1, -0.05) is 61.7 Å². The molecule has 0 amide bonds. The van der Waals surface area contributed by atoms with Crippen LogP contribution in [0, 0.1) is 10.1 Å². The number of rotatable bonds is 4. The van der Waals surface area contributed by atoms with Gasteiger partial charge in [-0.05, 0) is 37.7 Å². The molecule has 15 heteroatoms. The summed E-state index contributed by atoms with van der Waals surface area (Å²) in [5, 5.41) is 22.0. The van der Waals surface area contributed by atoms with Crippen LogP contribution in [0.25, 0.3) is 11.6 Å². The zero-order chi connectivity index (χ0) is 30.9. The molecule has 3 heterocycles. The maximum atomic E-state index is 14.9. The highest BCUT2D eigenvalue weighted by Crippen LogP contribution is 2.48. The summed E-state index contributed by atoms with van der Waals surface area (Å²) < 4.78 is 98.1. The first kappa shape index (κ1) is 30.4. The number of ether oxygens (including phenoxy) is 1. The SMILES string of the molecule is O=[N+]([O-])c1cc(C(F)(F)F)c2nc1-c1nnc(o1)[C@@](OCc1ccccc1)(C(F)(F)F)CC/C=C\CC1(CCCCC1)N2. The monoisotopic (exact) mass is 611 g/mol. The molecule has 2 aliphatic rings. The van der Waals surface area contributed by atoms with Gasteiger partial charge in [-0.3, -0.25) is 10.1 Å². The minimum absolute atomic E-state index is 0.153. The molecule has 1 fully saturated rings. The molecule has 2 aromatic heterocycles. The van der Waals surface area contributed by atoms with Crippen LogP contribution in [-0.2, 0) is 23.1 Å². The number of hydrogen-bond donors (Lipinski definition) is 1. The van der Waals surface area contributed by atoms with Gasteiger partial charge < -0.3 is 14.5 Å². The fourth-order valence-corrected chi connectivity index (χ4v) is 5.53. The maximum Gasteiger partial charge on any atom is 0.426 e. The van der Waals surface area contributed by atoms with Crippen molar-refractivity contribution in [1.29, 1.82) is 0 Å². The number of benzene rings is 1. The van der Waals surface area contributed by atoms with Crippen LogP contribution in [0.15, 0.2) is 53.0 Å². The summed E-state index contributed by atoms with van der Waals surface area (Å²) in [6.45, 7) is -0.488. The number of anilines is 1. The Morgan fingerprint density at radius 1 is 1.00 bits per heavy atom. The number of nitrogens with zero attached hydrogens (tertiary/aromatic N) is 4. The number of halogens is 6. The standard InChI is InChI=1S/C28H27F6N5O4/c29-27(30,31)19-16-20(39(40)41)21-23-37-38-24(43-23)26(28(32,33)34,42-17-18-10-4-1-5-11-18)15-9-3-8-14-25(36-22(19)35-21)12-6-2-7-13-25/h1,3-5,8,10-11,16H,2,6-7,9,12-15,17H2,(H,35,36)/b8-3-/t26-/m1/s1. The largest absolute Gasteiger partial charge is 0.426 e. The third-order valence-corrected chi connectivity index (χ3v) is 7.80. The van der Waals surface area contributed by atoms with Gasteiger partial charge in [0.2, 0.25) is 11.3 Å². The Morgan fingerprint density at radius 2 is 1.72 bits per heavy atom. The second-order valence-electron chi connectivity index (χ2n) is 10.7. The highest BCUT2D eigenvalue weighted by atomic mass is 19.4. The highest BCUT2D eigenvalue weighted by molar-refractivity contribution is 5.68. The molecule has 1 saturated carbocycles. The van der Waals surface area contributed by atoms with E-state index >= 15 is 0 Å². The lowest BCUT2D eigenvalue weighted by Crippen LogP contribution is -2.45. The van der Waals surface area contributed by atoms with Gasteiger partial charge in [0.25, 0.3) is 11.8 Å². The van der Waals surface area contributed by atoms with E-state index in [9.17, 15) is 36.5 Å². The normalized spacial score (nSPS) is 21.5. The van der Waals surface area contributed by atoms with Gasteiger partial charge in [0.15, 0.2) is 0 Å². The molecule has 230 valence electrons. The lowest BCUT2D eigenvalue weighted by atomic mass is 9.79. The van der Waals surface area contributed by atoms with Crippen LogP contribution in [-0.4, -0.2) is 31.8 Å². The molecular weight excluding hydrogens is 584 g/mol. The Balaban J connectivity index is 1.70. The van der Waals surface area contributed by atoms with Crippen LogP contribution in [0.2, 0.25) is 0 Å². The van der Waals surface area contributed by atoms with Crippen molar-refractivity contribution in [3.8, 4) is 11.6 Å². The number of hydrogen-bond acceptors (Lipinski definition) is 8. The summed E-state index contributed by atoms with van der Waals surface area (Å²) in [4.78, 5) is 14.7. The van der Waals surface area contributed by atoms with E-state index in [1.807, 2.05) is 0 Å². The average Bonchev–Trinajstić information content (AvgIpc) is 3.44. The summed E-state index contributed by atoms with van der Waals surface area (Å²) in [5.74, 6) is -2.60. The van der Waals surface area contributed by atoms with E-state index < -0.39 is 76.0 Å². The van der Waals surface area contributed by atoms with Gasteiger partial charge in [-0.2, -0.15) is 26.3 Å². The van der Waals surface area contributed by atoms with Gasteiger partial charge in [0.1, 0.15) is 11.4 Å². The molecule has 0 radical (unpaired) electrons. The second kappa shape index (κ2) is 11.6. The Kier molecular flexibility index (Phi) is 8.20. The number of fused-ring (bicyclic) bond motifs is 5. The minimum Gasteiger partial charge on any atom is -0.415 e. The van der Waals surface area contributed by atoms with Crippen molar-refractivity contribution in [1.82, 2.24) is 15.2 Å². The Morgan fingerprint density at radius 3 is 2.37 bits per heavy atom. The van der Waals surface area contributed by atoms with E-state index in [0.717, 1.165) is 6.42 Å². The molecular formula is C28H27F6N5O4. The van der Waals surface area contributed by atoms with Gasteiger partial charge in [0, 0.05) is 11.6 Å². The van der Waals surface area contributed by atoms with Gasteiger partial charge in [0.05, 0.1) is 11.5 Å². The van der Waals surface area contributed by atoms with E-state index in [0.29, 0.717) is 31.2 Å². The lowest BCUT2D eigenvalue weighted by Gasteiger charge is -2.38. The average molecular weight is 612 g/mol. The first-order chi connectivity index (χ1) is 20.3. The molecule has 1 atom stereocenters. The molecule has 9 nitrogen and oxygen atoms in total. The summed E-state index contributed by atoms with van der Waals surface area (Å²) in [7, 11) is 0. The minimum atomic E-state index is -5.09. The van der Waals surface area contributed by atoms with E-state index in [4.69, 9.17) is 9.15 Å².